The van der Waals surface area contributed by atoms with Gasteiger partial charge in [-0.05, 0) is 81.4 Å². The van der Waals surface area contributed by atoms with Gasteiger partial charge in [0.25, 0.3) is 0 Å². The lowest BCUT2D eigenvalue weighted by Gasteiger charge is -2.25. The van der Waals surface area contributed by atoms with Gasteiger partial charge in [-0.1, -0.05) is 65.7 Å². The van der Waals surface area contributed by atoms with Crippen molar-refractivity contribution in [2.24, 2.45) is 5.73 Å². The molecule has 0 fully saturated rings. The van der Waals surface area contributed by atoms with Crippen LogP contribution in [0, 0.1) is 6.92 Å². The van der Waals surface area contributed by atoms with Crippen LogP contribution in [0.1, 0.15) is 33.5 Å². The highest BCUT2D eigenvalue weighted by atomic mass is 35.5. The molecule has 0 radical (unpaired) electrons. The van der Waals surface area contributed by atoms with E-state index in [0.717, 1.165) is 22.0 Å². The molecule has 0 unspecified atom stereocenters. The van der Waals surface area contributed by atoms with Crippen molar-refractivity contribution in [2.45, 2.75) is 31.2 Å². The normalized spacial score (nSPS) is 11.5. The molecule has 242 valence electrons. The minimum absolute atomic E-state index is 0.00365. The molecule has 0 saturated carbocycles. The molecule has 0 aliphatic rings. The fraction of sp³-hybridized carbons (Fsp3) is 0.344. The van der Waals surface area contributed by atoms with Crippen LogP contribution < -0.4 is 11.1 Å². The van der Waals surface area contributed by atoms with E-state index in [2.05, 4.69) is 5.32 Å². The van der Waals surface area contributed by atoms with Crippen LogP contribution in [0.25, 0.3) is 0 Å². The average Bonchev–Trinajstić information content (AvgIpc) is 3.00. The molecule has 10 nitrogen and oxygen atoms in total. The monoisotopic (exact) mass is 675 g/mol. The summed E-state index contributed by atoms with van der Waals surface area (Å²) in [4.78, 5) is 41.3. The molecular formula is C32H39Cl2N5O5S. The van der Waals surface area contributed by atoms with Gasteiger partial charge in [-0.2, -0.15) is 4.31 Å². The number of nitrogens with zero attached hydrogens (tertiary/aromatic N) is 3. The summed E-state index contributed by atoms with van der Waals surface area (Å²) in [5.41, 5.74) is 7.79. The third kappa shape index (κ3) is 10.5. The van der Waals surface area contributed by atoms with Crippen LogP contribution >= 0.6 is 23.2 Å². The number of halogens is 2. The maximum absolute atomic E-state index is 13.8. The average molecular weight is 677 g/mol. The lowest BCUT2D eigenvalue weighted by molar-refractivity contribution is -0.133. The van der Waals surface area contributed by atoms with Gasteiger partial charge in [0.15, 0.2) is 0 Å². The third-order valence-corrected chi connectivity index (χ3v) is 10.0. The number of nitrogens with two attached hydrogens (primary N) is 1. The Balaban J connectivity index is 1.75. The van der Waals surface area contributed by atoms with Crippen molar-refractivity contribution < 1.29 is 22.8 Å². The van der Waals surface area contributed by atoms with Crippen molar-refractivity contribution >= 4 is 50.9 Å². The van der Waals surface area contributed by atoms with Gasteiger partial charge in [-0.15, -0.1) is 0 Å². The van der Waals surface area contributed by atoms with Crippen molar-refractivity contribution in [1.82, 2.24) is 19.4 Å². The molecule has 3 N–H and O–H groups in total. The van der Waals surface area contributed by atoms with E-state index in [4.69, 9.17) is 28.9 Å². The lowest BCUT2D eigenvalue weighted by Crippen LogP contribution is -2.45. The first-order chi connectivity index (χ1) is 21.3. The van der Waals surface area contributed by atoms with Gasteiger partial charge in [0.2, 0.25) is 27.7 Å². The topological polar surface area (TPSA) is 133 Å². The molecule has 0 atom stereocenters. The predicted molar refractivity (Wildman–Crippen MR) is 177 cm³/mol. The molecule has 3 aromatic rings. The van der Waals surface area contributed by atoms with Gasteiger partial charge in [0, 0.05) is 30.2 Å². The van der Waals surface area contributed by atoms with Gasteiger partial charge < -0.3 is 20.9 Å². The Morgan fingerprint density at radius 2 is 1.53 bits per heavy atom. The fourth-order valence-electron chi connectivity index (χ4n) is 4.52. The van der Waals surface area contributed by atoms with Gasteiger partial charge in [-0.3, -0.25) is 14.4 Å². The zero-order valence-electron chi connectivity index (χ0n) is 25.6. The van der Waals surface area contributed by atoms with Crippen molar-refractivity contribution in [3.05, 3.63) is 99.0 Å². The summed E-state index contributed by atoms with van der Waals surface area (Å²) in [5.74, 6) is -1.52. The Labute approximate surface area is 275 Å². The lowest BCUT2D eigenvalue weighted by atomic mass is 10.1. The molecule has 3 rings (SSSR count). The van der Waals surface area contributed by atoms with Crippen LogP contribution in [0.5, 0.6) is 0 Å². The summed E-state index contributed by atoms with van der Waals surface area (Å²) >= 11 is 12.5. The van der Waals surface area contributed by atoms with E-state index in [0.29, 0.717) is 35.5 Å². The van der Waals surface area contributed by atoms with Gasteiger partial charge in [0.1, 0.15) is 4.90 Å². The number of sulfonamides is 1. The molecule has 0 aliphatic carbocycles. The maximum atomic E-state index is 13.8. The standard InChI is InChI=1S/C32H39Cl2N5O5S/c1-23-27(33)14-15-28(31(23)34)45(43,44)39(19-16-24-8-5-4-6-9-24)22-29(40)36-20-30(41)38(18-7-17-37(2)3)21-25-10-12-26(13-11-25)32(35)42/h4-6,8-15H,7,16-22H2,1-3H3,(H2,35,42)(H,36,40). The SMILES string of the molecule is Cc1c(Cl)ccc(S(=O)(=O)N(CCc2ccccc2)CC(=O)NCC(=O)N(CCCN(C)C)Cc2ccc(C(N)=O)cc2)c1Cl. The number of amides is 3. The summed E-state index contributed by atoms with van der Waals surface area (Å²) in [6, 6.07) is 18.7. The first kappa shape index (κ1) is 36.0. The Hall–Kier alpha value is -3.48. The van der Waals surface area contributed by atoms with E-state index in [-0.39, 0.29) is 35.5 Å². The predicted octanol–water partition coefficient (Wildman–Crippen LogP) is 3.73. The largest absolute Gasteiger partial charge is 0.366 e. The number of primary amides is 1. The first-order valence-corrected chi connectivity index (χ1v) is 16.6. The van der Waals surface area contributed by atoms with E-state index in [1.807, 2.05) is 49.3 Å². The fourth-order valence-corrected chi connectivity index (χ4v) is 6.70. The van der Waals surface area contributed by atoms with E-state index in [9.17, 15) is 22.8 Å². The maximum Gasteiger partial charge on any atom is 0.248 e. The number of hydrogen-bond acceptors (Lipinski definition) is 6. The second kappa shape index (κ2) is 16.7. The minimum Gasteiger partial charge on any atom is -0.366 e. The summed E-state index contributed by atoms with van der Waals surface area (Å²) in [5, 5.41) is 2.91. The smallest absolute Gasteiger partial charge is 0.248 e. The highest BCUT2D eigenvalue weighted by molar-refractivity contribution is 7.89. The van der Waals surface area contributed by atoms with Crippen LogP contribution in [-0.4, -0.2) is 87.1 Å². The second-order valence-corrected chi connectivity index (χ2v) is 13.6. The van der Waals surface area contributed by atoms with Crippen LogP contribution in [0.4, 0.5) is 0 Å². The van der Waals surface area contributed by atoms with Gasteiger partial charge in [-0.25, -0.2) is 8.42 Å². The van der Waals surface area contributed by atoms with Gasteiger partial charge in [0.05, 0.1) is 18.1 Å². The highest BCUT2D eigenvalue weighted by Crippen LogP contribution is 2.32. The molecular weight excluding hydrogens is 637 g/mol. The Bertz CT molecular complexity index is 1590. The molecule has 13 heteroatoms. The number of nitrogens with one attached hydrogen (secondary N) is 1. The molecule has 45 heavy (non-hydrogen) atoms. The molecule has 0 spiro atoms. The number of carbonyl (C=O) groups excluding carboxylic acids is 3. The molecule has 0 aromatic heterocycles. The van der Waals surface area contributed by atoms with Crippen LogP contribution in [0.15, 0.2) is 71.6 Å². The number of hydrogen-bond donors (Lipinski definition) is 2. The Kier molecular flexibility index (Phi) is 13.4. The van der Waals surface area contributed by atoms with Crippen molar-refractivity contribution in [1.29, 1.82) is 0 Å². The van der Waals surface area contributed by atoms with Crippen molar-refractivity contribution in [2.75, 3.05) is 46.8 Å². The molecule has 3 aromatic carbocycles. The quantitative estimate of drug-likeness (QED) is 0.238. The molecule has 0 aliphatic heterocycles. The van der Waals surface area contributed by atoms with Crippen molar-refractivity contribution in [3.63, 3.8) is 0 Å². The molecule has 0 heterocycles. The molecule has 3 amide bonds. The number of benzene rings is 3. The van der Waals surface area contributed by atoms with E-state index in [1.165, 1.54) is 12.1 Å². The second-order valence-electron chi connectivity index (χ2n) is 10.9. The van der Waals surface area contributed by atoms with Gasteiger partial charge >= 0.3 is 0 Å². The zero-order chi connectivity index (χ0) is 33.1. The van der Waals surface area contributed by atoms with Crippen LogP contribution in [0.2, 0.25) is 10.0 Å². The zero-order valence-corrected chi connectivity index (χ0v) is 28.0. The van der Waals surface area contributed by atoms with E-state index >= 15 is 0 Å². The number of rotatable bonds is 16. The summed E-state index contributed by atoms with van der Waals surface area (Å²) < 4.78 is 28.6. The Morgan fingerprint density at radius 3 is 2.16 bits per heavy atom. The Morgan fingerprint density at radius 1 is 0.867 bits per heavy atom. The van der Waals surface area contributed by atoms with Crippen molar-refractivity contribution in [3.8, 4) is 0 Å². The van der Waals surface area contributed by atoms with Crippen LogP contribution in [-0.2, 0) is 32.6 Å². The van der Waals surface area contributed by atoms with E-state index in [1.54, 1.807) is 36.1 Å². The molecule has 0 bridgehead atoms. The van der Waals surface area contributed by atoms with Crippen LogP contribution in [0.3, 0.4) is 0 Å². The summed E-state index contributed by atoms with van der Waals surface area (Å²) in [6.45, 7) is 2.21. The van der Waals surface area contributed by atoms with E-state index < -0.39 is 28.4 Å². The summed E-state index contributed by atoms with van der Waals surface area (Å²) in [6.07, 6.45) is 1.05. The first-order valence-electron chi connectivity index (χ1n) is 14.4. The minimum atomic E-state index is -4.21. The highest BCUT2D eigenvalue weighted by Gasteiger charge is 2.30. The third-order valence-electron chi connectivity index (χ3n) is 7.15. The summed E-state index contributed by atoms with van der Waals surface area (Å²) in [7, 11) is -0.341. The number of carbonyl (C=O) groups is 3. The molecule has 0 saturated heterocycles.